The van der Waals surface area contributed by atoms with Gasteiger partial charge in [-0.25, -0.2) is 0 Å². The molecule has 0 aliphatic rings. The molecule has 4 heteroatoms. The minimum absolute atomic E-state index is 0.0237. The highest BCUT2D eigenvalue weighted by Crippen LogP contribution is 2.21. The van der Waals surface area contributed by atoms with E-state index in [4.69, 9.17) is 0 Å². The van der Waals surface area contributed by atoms with Gasteiger partial charge in [0.25, 0.3) is 0 Å². The monoisotopic (exact) mass is 383 g/mol. The van der Waals surface area contributed by atoms with Gasteiger partial charge in [0.1, 0.15) is 0 Å². The second kappa shape index (κ2) is 6.96. The first-order valence-electron chi connectivity index (χ1n) is 5.89. The number of hydrogen-bond donors (Lipinski definition) is 1. The molecule has 0 spiro atoms. The lowest BCUT2D eigenvalue weighted by molar-refractivity contribution is -0.113. The van der Waals surface area contributed by atoms with E-state index in [0.717, 1.165) is 14.2 Å². The van der Waals surface area contributed by atoms with Crippen LogP contribution in [0.3, 0.4) is 0 Å². The average molecular weight is 383 g/mol. The number of halogens is 1. The van der Waals surface area contributed by atoms with Crippen LogP contribution in [-0.4, -0.2) is 11.7 Å². The van der Waals surface area contributed by atoms with Gasteiger partial charge in [0.05, 0.1) is 11.4 Å². The third kappa shape index (κ3) is 4.54. The lowest BCUT2D eigenvalue weighted by atomic mass is 10.2. The van der Waals surface area contributed by atoms with Crippen molar-refractivity contribution in [3.8, 4) is 0 Å². The third-order valence-corrected chi connectivity index (χ3v) is 4.42. The summed E-state index contributed by atoms with van der Waals surface area (Å²) in [6.07, 6.45) is 0. The molecule has 0 saturated carbocycles. The molecule has 2 aromatic carbocycles. The number of anilines is 1. The number of benzene rings is 2. The molecule has 0 unspecified atom stereocenters. The summed E-state index contributed by atoms with van der Waals surface area (Å²) in [4.78, 5) is 13.0. The van der Waals surface area contributed by atoms with Crippen LogP contribution in [0, 0.1) is 10.5 Å². The van der Waals surface area contributed by atoms with Crippen molar-refractivity contribution >= 4 is 45.9 Å². The van der Waals surface area contributed by atoms with Gasteiger partial charge in [-0.1, -0.05) is 24.3 Å². The summed E-state index contributed by atoms with van der Waals surface area (Å²) in [5.74, 6) is 0.448. The summed E-state index contributed by atoms with van der Waals surface area (Å²) in [6, 6.07) is 15.9. The fourth-order valence-corrected chi connectivity index (χ4v) is 3.10. The number of carbonyl (C=O) groups excluding carboxylic acids is 1. The number of rotatable bonds is 4. The van der Waals surface area contributed by atoms with Gasteiger partial charge >= 0.3 is 0 Å². The minimum Gasteiger partial charge on any atom is -0.324 e. The normalized spacial score (nSPS) is 10.2. The van der Waals surface area contributed by atoms with Gasteiger partial charge in [-0.15, -0.1) is 11.8 Å². The van der Waals surface area contributed by atoms with Crippen molar-refractivity contribution in [1.82, 2.24) is 0 Å². The van der Waals surface area contributed by atoms with Crippen molar-refractivity contribution in [2.45, 2.75) is 11.8 Å². The maximum Gasteiger partial charge on any atom is 0.234 e. The zero-order chi connectivity index (χ0) is 13.7. The lowest BCUT2D eigenvalue weighted by Gasteiger charge is -2.08. The van der Waals surface area contributed by atoms with Gasteiger partial charge in [-0.2, -0.15) is 0 Å². The number of aryl methyl sites for hydroxylation is 1. The molecule has 1 amide bonds. The Balaban J connectivity index is 1.91. The molecule has 0 saturated heterocycles. The molecule has 2 nitrogen and oxygen atoms in total. The fraction of sp³-hybridized carbons (Fsp3) is 0.133. The largest absolute Gasteiger partial charge is 0.324 e. The highest BCUT2D eigenvalue weighted by atomic mass is 127. The second-order valence-electron chi connectivity index (χ2n) is 4.13. The van der Waals surface area contributed by atoms with Crippen molar-refractivity contribution in [1.29, 1.82) is 0 Å². The zero-order valence-corrected chi connectivity index (χ0v) is 13.5. The molecule has 2 aromatic rings. The quantitative estimate of drug-likeness (QED) is 0.629. The molecular formula is C15H14INOS. The van der Waals surface area contributed by atoms with Crippen molar-refractivity contribution in [3.05, 3.63) is 57.7 Å². The summed E-state index contributed by atoms with van der Waals surface area (Å²) in [6.45, 7) is 2.04. The van der Waals surface area contributed by atoms with E-state index in [1.165, 1.54) is 5.56 Å². The van der Waals surface area contributed by atoms with Crippen LogP contribution in [0.4, 0.5) is 5.69 Å². The van der Waals surface area contributed by atoms with E-state index < -0.39 is 0 Å². The summed E-state index contributed by atoms with van der Waals surface area (Å²) < 4.78 is 1.07. The Morgan fingerprint density at radius 2 is 1.95 bits per heavy atom. The highest BCUT2D eigenvalue weighted by Gasteiger charge is 2.06. The van der Waals surface area contributed by atoms with Crippen LogP contribution >= 0.6 is 34.4 Å². The van der Waals surface area contributed by atoms with Crippen LogP contribution < -0.4 is 5.32 Å². The molecule has 0 aliphatic carbocycles. The Labute approximate surface area is 131 Å². The van der Waals surface area contributed by atoms with Gasteiger partial charge in [-0.3, -0.25) is 4.79 Å². The molecular weight excluding hydrogens is 369 g/mol. The maximum atomic E-state index is 11.9. The second-order valence-corrected chi connectivity index (χ2v) is 6.34. The third-order valence-electron chi connectivity index (χ3n) is 2.51. The molecule has 0 bridgehead atoms. The SMILES string of the molecule is Cc1ccc(NC(=O)CSc2ccccc2)c(I)c1. The van der Waals surface area contributed by atoms with Crippen LogP contribution in [0.15, 0.2) is 53.4 Å². The van der Waals surface area contributed by atoms with E-state index in [-0.39, 0.29) is 5.91 Å². The Hall–Kier alpha value is -1.01. The van der Waals surface area contributed by atoms with E-state index in [2.05, 4.69) is 34.0 Å². The number of carbonyl (C=O) groups is 1. The molecule has 0 heterocycles. The Morgan fingerprint density at radius 3 is 2.63 bits per heavy atom. The van der Waals surface area contributed by atoms with Crippen LogP contribution in [-0.2, 0) is 4.79 Å². The van der Waals surface area contributed by atoms with Crippen molar-refractivity contribution in [2.24, 2.45) is 0 Å². The predicted octanol–water partition coefficient (Wildman–Crippen LogP) is 4.33. The van der Waals surface area contributed by atoms with Gasteiger partial charge < -0.3 is 5.32 Å². The van der Waals surface area contributed by atoms with E-state index >= 15 is 0 Å². The number of nitrogens with one attached hydrogen (secondary N) is 1. The van der Waals surface area contributed by atoms with E-state index in [1.54, 1.807) is 11.8 Å². The van der Waals surface area contributed by atoms with Crippen molar-refractivity contribution in [2.75, 3.05) is 11.1 Å². The molecule has 0 aromatic heterocycles. The number of thioether (sulfide) groups is 1. The topological polar surface area (TPSA) is 29.1 Å². The van der Waals surface area contributed by atoms with Gasteiger partial charge in [0.2, 0.25) is 5.91 Å². The zero-order valence-electron chi connectivity index (χ0n) is 10.5. The Morgan fingerprint density at radius 1 is 1.21 bits per heavy atom. The van der Waals surface area contributed by atoms with Gasteiger partial charge in [0.15, 0.2) is 0 Å². The summed E-state index contributed by atoms with van der Waals surface area (Å²) in [5.41, 5.74) is 2.07. The number of amides is 1. The van der Waals surface area contributed by atoms with Gasteiger partial charge in [-0.05, 0) is 59.3 Å². The lowest BCUT2D eigenvalue weighted by Crippen LogP contribution is -2.14. The first-order valence-corrected chi connectivity index (χ1v) is 7.95. The molecule has 2 rings (SSSR count). The summed E-state index contributed by atoms with van der Waals surface area (Å²) in [5, 5.41) is 2.94. The molecule has 0 fully saturated rings. The molecule has 0 atom stereocenters. The molecule has 1 N–H and O–H groups in total. The van der Waals surface area contributed by atoms with Crippen LogP contribution in [0.2, 0.25) is 0 Å². The van der Waals surface area contributed by atoms with Crippen LogP contribution in [0.1, 0.15) is 5.56 Å². The molecule has 0 radical (unpaired) electrons. The van der Waals surface area contributed by atoms with Gasteiger partial charge in [0, 0.05) is 8.47 Å². The highest BCUT2D eigenvalue weighted by molar-refractivity contribution is 14.1. The van der Waals surface area contributed by atoms with Crippen LogP contribution in [0.25, 0.3) is 0 Å². The van der Waals surface area contributed by atoms with Crippen molar-refractivity contribution < 1.29 is 4.79 Å². The van der Waals surface area contributed by atoms with E-state index in [9.17, 15) is 4.79 Å². The maximum absolute atomic E-state index is 11.9. The Kier molecular flexibility index (Phi) is 5.27. The van der Waals surface area contributed by atoms with Crippen LogP contribution in [0.5, 0.6) is 0 Å². The first kappa shape index (κ1) is 14.4. The van der Waals surface area contributed by atoms with Crippen molar-refractivity contribution in [3.63, 3.8) is 0 Å². The number of hydrogen-bond acceptors (Lipinski definition) is 2. The predicted molar refractivity (Wildman–Crippen MR) is 89.7 cm³/mol. The standard InChI is InChI=1S/C15H14INOS/c1-11-7-8-14(13(16)9-11)17-15(18)10-19-12-5-3-2-4-6-12/h2-9H,10H2,1H3,(H,17,18). The summed E-state index contributed by atoms with van der Waals surface area (Å²) >= 11 is 3.78. The average Bonchev–Trinajstić information content (AvgIpc) is 2.41. The van der Waals surface area contributed by atoms with E-state index in [0.29, 0.717) is 5.75 Å². The molecule has 98 valence electrons. The minimum atomic E-state index is 0.0237. The molecule has 0 aliphatic heterocycles. The van der Waals surface area contributed by atoms with E-state index in [1.807, 2.05) is 49.4 Å². The first-order chi connectivity index (χ1) is 9.15. The fourth-order valence-electron chi connectivity index (χ4n) is 1.57. The molecule has 19 heavy (non-hydrogen) atoms. The summed E-state index contributed by atoms with van der Waals surface area (Å²) in [7, 11) is 0. The Bertz CT molecular complexity index is 572. The smallest absolute Gasteiger partial charge is 0.234 e.